The van der Waals surface area contributed by atoms with Crippen LogP contribution in [0.3, 0.4) is 0 Å². The molecule has 0 aromatic rings. The van der Waals surface area contributed by atoms with Crippen molar-refractivity contribution in [1.82, 2.24) is 5.32 Å². The lowest BCUT2D eigenvalue weighted by Crippen LogP contribution is -2.45. The summed E-state index contributed by atoms with van der Waals surface area (Å²) in [5, 5.41) is 13.9. The first-order valence-electron chi connectivity index (χ1n) is 33.9. The molecule has 0 radical (unpaired) electrons. The number of allylic oxidation sites excluding steroid dienone is 5. The zero-order valence-electron chi connectivity index (χ0n) is 52.2. The molecule has 3 atom stereocenters. The van der Waals surface area contributed by atoms with E-state index in [4.69, 9.17) is 9.05 Å². The summed E-state index contributed by atoms with van der Waals surface area (Å²) in [6.45, 7) is 4.68. The molecule has 0 aromatic heterocycles. The van der Waals surface area contributed by atoms with Gasteiger partial charge >= 0.3 is 0 Å². The van der Waals surface area contributed by atoms with Crippen molar-refractivity contribution < 1.29 is 32.9 Å². The van der Waals surface area contributed by atoms with Crippen LogP contribution in [0.4, 0.5) is 0 Å². The molecule has 0 saturated heterocycles. The number of hydrogen-bond acceptors (Lipinski definition) is 6. The monoisotopic (exact) mass is 1100 g/mol. The highest BCUT2D eigenvalue weighted by atomic mass is 31.2. The highest BCUT2D eigenvalue weighted by molar-refractivity contribution is 7.45. The minimum atomic E-state index is -4.61. The van der Waals surface area contributed by atoms with E-state index in [0.29, 0.717) is 17.4 Å². The Bertz CT molecular complexity index is 1350. The third kappa shape index (κ3) is 62.2. The molecule has 0 aliphatic rings. The molecule has 0 heterocycles. The van der Waals surface area contributed by atoms with Crippen LogP contribution in [0.1, 0.15) is 341 Å². The van der Waals surface area contributed by atoms with Crippen LogP contribution >= 0.6 is 7.82 Å². The smallest absolute Gasteiger partial charge is 0.268 e. The summed E-state index contributed by atoms with van der Waals surface area (Å²) in [7, 11) is 1.25. The number of nitrogens with one attached hydrogen (secondary N) is 1. The Morgan fingerprint density at radius 3 is 1.05 bits per heavy atom. The molecule has 0 fully saturated rings. The highest BCUT2D eigenvalue weighted by Gasteiger charge is 2.23. The summed E-state index contributed by atoms with van der Waals surface area (Å²) in [6.07, 6.45) is 78.4. The molecule has 3 unspecified atom stereocenters. The maximum Gasteiger partial charge on any atom is 0.268 e. The fourth-order valence-electron chi connectivity index (χ4n) is 10.3. The van der Waals surface area contributed by atoms with E-state index in [0.717, 1.165) is 44.9 Å². The molecule has 0 aromatic carbocycles. The number of aliphatic hydroxyl groups is 1. The van der Waals surface area contributed by atoms with Crippen molar-refractivity contribution in [2.75, 3.05) is 40.9 Å². The number of likely N-dealkylation sites (N-methyl/N-ethyl adjacent to an activating group) is 1. The number of unbranched alkanes of at least 4 members (excludes halogenated alkanes) is 46. The van der Waals surface area contributed by atoms with E-state index in [-0.39, 0.29) is 12.5 Å². The van der Waals surface area contributed by atoms with E-state index in [1.165, 1.54) is 276 Å². The lowest BCUT2D eigenvalue weighted by molar-refractivity contribution is -0.870. The second-order valence-electron chi connectivity index (χ2n) is 24.5. The van der Waals surface area contributed by atoms with Gasteiger partial charge in [0.25, 0.3) is 7.82 Å². The van der Waals surface area contributed by atoms with E-state index in [9.17, 15) is 19.4 Å². The van der Waals surface area contributed by atoms with Gasteiger partial charge in [-0.25, -0.2) is 0 Å². The largest absolute Gasteiger partial charge is 0.756 e. The number of phosphoric ester groups is 1. The quantitative estimate of drug-likeness (QED) is 0.0272. The van der Waals surface area contributed by atoms with Crippen molar-refractivity contribution in [3.05, 3.63) is 36.5 Å². The minimum Gasteiger partial charge on any atom is -0.756 e. The molecule has 2 N–H and O–H groups in total. The topological polar surface area (TPSA) is 108 Å². The number of rotatable bonds is 63. The first-order chi connectivity index (χ1) is 37.5. The number of aliphatic hydroxyl groups excluding tert-OH is 1. The van der Waals surface area contributed by atoms with Crippen LogP contribution in [0, 0.1) is 0 Å². The Morgan fingerprint density at radius 2 is 0.727 bits per heavy atom. The van der Waals surface area contributed by atoms with Gasteiger partial charge in [-0.3, -0.25) is 9.36 Å². The van der Waals surface area contributed by atoms with Crippen molar-refractivity contribution in [2.45, 2.75) is 353 Å². The van der Waals surface area contributed by atoms with E-state index in [1.807, 2.05) is 27.2 Å². The van der Waals surface area contributed by atoms with E-state index >= 15 is 0 Å². The Balaban J connectivity index is 4.14. The van der Waals surface area contributed by atoms with E-state index in [2.05, 4.69) is 43.5 Å². The SMILES string of the molecule is CCCCCCCCCCCCCCCCCCCCC/C=C/CC/C=C/CC/C=C/C(O)C(COP(=O)([O-])OCC[N+](C)(C)C)NC(=O)CCCCCCCCCCCCCCCCCCCCCCCCCCCC. The van der Waals surface area contributed by atoms with Crippen molar-refractivity contribution in [1.29, 1.82) is 0 Å². The summed E-state index contributed by atoms with van der Waals surface area (Å²) in [4.78, 5) is 25.6. The van der Waals surface area contributed by atoms with Gasteiger partial charge in [-0.05, 0) is 44.9 Å². The molecular formula is C68H133N2O6P. The third-order valence-electron chi connectivity index (χ3n) is 15.6. The van der Waals surface area contributed by atoms with Crippen LogP contribution in [0.5, 0.6) is 0 Å². The van der Waals surface area contributed by atoms with Gasteiger partial charge in [-0.1, -0.05) is 326 Å². The maximum atomic E-state index is 13.0. The summed E-state index contributed by atoms with van der Waals surface area (Å²) < 4.78 is 23.4. The lowest BCUT2D eigenvalue weighted by Gasteiger charge is -2.29. The Morgan fingerprint density at radius 1 is 0.442 bits per heavy atom. The van der Waals surface area contributed by atoms with Crippen molar-refractivity contribution in [3.8, 4) is 0 Å². The van der Waals surface area contributed by atoms with Gasteiger partial charge in [0.15, 0.2) is 0 Å². The maximum absolute atomic E-state index is 13.0. The van der Waals surface area contributed by atoms with Crippen LogP contribution in [0.15, 0.2) is 36.5 Å². The molecule has 0 saturated carbocycles. The molecule has 77 heavy (non-hydrogen) atoms. The molecule has 0 aliphatic heterocycles. The second kappa shape index (κ2) is 59.3. The van der Waals surface area contributed by atoms with Gasteiger partial charge in [0.05, 0.1) is 39.9 Å². The number of quaternary nitrogens is 1. The Hall–Kier alpha value is -1.28. The van der Waals surface area contributed by atoms with Gasteiger partial charge < -0.3 is 28.8 Å². The third-order valence-corrected chi connectivity index (χ3v) is 16.5. The average molecular weight is 1110 g/mol. The van der Waals surface area contributed by atoms with Crippen molar-refractivity contribution in [3.63, 3.8) is 0 Å². The molecule has 9 heteroatoms. The van der Waals surface area contributed by atoms with Crippen LogP contribution in [-0.2, 0) is 18.4 Å². The van der Waals surface area contributed by atoms with Crippen molar-refractivity contribution in [2.24, 2.45) is 0 Å². The molecular weight excluding hydrogens is 972 g/mol. The highest BCUT2D eigenvalue weighted by Crippen LogP contribution is 2.38. The normalized spacial score (nSPS) is 13.9. The molecule has 456 valence electrons. The minimum absolute atomic E-state index is 0.00712. The van der Waals surface area contributed by atoms with Crippen LogP contribution in [-0.4, -0.2) is 68.5 Å². The van der Waals surface area contributed by atoms with E-state index in [1.54, 1.807) is 6.08 Å². The first kappa shape index (κ1) is 75.7. The van der Waals surface area contributed by atoms with Gasteiger partial charge in [-0.2, -0.15) is 0 Å². The Kier molecular flexibility index (Phi) is 58.4. The van der Waals surface area contributed by atoms with Crippen LogP contribution in [0.25, 0.3) is 0 Å². The summed E-state index contributed by atoms with van der Waals surface area (Å²) in [5.74, 6) is -0.204. The summed E-state index contributed by atoms with van der Waals surface area (Å²) in [5.41, 5.74) is 0. The number of nitrogens with zero attached hydrogens (tertiary/aromatic N) is 1. The molecule has 0 bridgehead atoms. The first-order valence-corrected chi connectivity index (χ1v) is 35.3. The average Bonchev–Trinajstić information content (AvgIpc) is 3.39. The summed E-state index contributed by atoms with van der Waals surface area (Å²) in [6, 6.07) is -0.909. The van der Waals surface area contributed by atoms with Crippen molar-refractivity contribution >= 4 is 13.7 Å². The second-order valence-corrected chi connectivity index (χ2v) is 25.9. The number of carbonyl (C=O) groups is 1. The van der Waals surface area contributed by atoms with Gasteiger partial charge in [-0.15, -0.1) is 0 Å². The zero-order chi connectivity index (χ0) is 56.3. The molecule has 0 spiro atoms. The number of amides is 1. The fourth-order valence-corrected chi connectivity index (χ4v) is 11.0. The van der Waals surface area contributed by atoms with Crippen LogP contribution in [0.2, 0.25) is 0 Å². The molecule has 0 aliphatic carbocycles. The van der Waals surface area contributed by atoms with E-state index < -0.39 is 26.6 Å². The standard InChI is InChI=1S/C68H133N2O6P/c1-6-8-10-12-14-16-18-20-22-24-26-28-30-32-34-35-36-37-39-41-43-45-47-49-51-53-55-57-59-61-67(71)66(65-76-77(73,74)75-64-63-70(3,4)5)69-68(72)62-60-58-56-54-52-50-48-46-44-42-40-38-33-31-29-27-25-23-21-19-17-15-13-11-9-7-2/h43,45,51,53,59,61,66-67,71H,6-42,44,46-50,52,54-58,60,62-65H2,1-5H3,(H-,69,72,73,74)/b45-43+,53-51+,61-59+. The number of phosphoric acid groups is 1. The zero-order valence-corrected chi connectivity index (χ0v) is 53.1. The fraction of sp³-hybridized carbons (Fsp3) is 0.897. The van der Waals surface area contributed by atoms with Gasteiger partial charge in [0, 0.05) is 6.42 Å². The van der Waals surface area contributed by atoms with Crippen LogP contribution < -0.4 is 10.2 Å². The predicted molar refractivity (Wildman–Crippen MR) is 335 cm³/mol. The predicted octanol–water partition coefficient (Wildman–Crippen LogP) is 20.6. The number of carbonyl (C=O) groups excluding carboxylic acids is 1. The molecule has 1 amide bonds. The Labute approximate surface area is 480 Å². The van der Waals surface area contributed by atoms with Gasteiger partial charge in [0.1, 0.15) is 13.2 Å². The molecule has 0 rings (SSSR count). The lowest BCUT2D eigenvalue weighted by atomic mass is 10.0. The number of hydrogen-bond donors (Lipinski definition) is 2. The molecule has 8 nitrogen and oxygen atoms in total. The summed E-state index contributed by atoms with van der Waals surface area (Å²) >= 11 is 0. The van der Waals surface area contributed by atoms with Gasteiger partial charge in [0.2, 0.25) is 5.91 Å².